The summed E-state index contributed by atoms with van der Waals surface area (Å²) in [5, 5.41) is 0. The van der Waals surface area contributed by atoms with Crippen LogP contribution in [0.2, 0.25) is 0 Å². The van der Waals surface area contributed by atoms with Gasteiger partial charge in [-0.3, -0.25) is 4.90 Å². The Morgan fingerprint density at radius 2 is 2.10 bits per heavy atom. The molecule has 0 spiro atoms. The third-order valence-electron chi connectivity index (χ3n) is 2.52. The summed E-state index contributed by atoms with van der Waals surface area (Å²) < 4.78 is 30.9. The third kappa shape index (κ3) is 3.95. The van der Waals surface area contributed by atoms with E-state index in [0.29, 0.717) is 0 Å². The molecule has 0 saturated heterocycles. The van der Waals surface area contributed by atoms with Crippen molar-refractivity contribution in [3.8, 4) is 0 Å². The monoisotopic (exact) mass is 298 g/mol. The lowest BCUT2D eigenvalue weighted by atomic mass is 10.2. The van der Waals surface area contributed by atoms with Gasteiger partial charge in [0, 0.05) is 9.43 Å². The molecular formula is C11H14N4O4S. The Kier molecular flexibility index (Phi) is 5.09. The molecule has 9 heteroatoms. The van der Waals surface area contributed by atoms with Crippen molar-refractivity contribution in [2.45, 2.75) is 18.0 Å². The molecule has 0 heterocycles. The molecule has 1 unspecified atom stereocenters. The highest BCUT2D eigenvalue weighted by Crippen LogP contribution is 2.15. The van der Waals surface area contributed by atoms with Crippen LogP contribution in [0, 0.1) is 0 Å². The van der Waals surface area contributed by atoms with E-state index in [-0.39, 0.29) is 10.5 Å². The molecule has 0 amide bonds. The van der Waals surface area contributed by atoms with E-state index in [4.69, 9.17) is 10.3 Å². The first-order valence-electron chi connectivity index (χ1n) is 5.57. The molecule has 1 aromatic rings. The normalized spacial score (nSPS) is 12.6. The molecule has 1 rings (SSSR count). The van der Waals surface area contributed by atoms with Crippen molar-refractivity contribution in [2.75, 3.05) is 14.1 Å². The number of hydrogen-bond donors (Lipinski definition) is 0. The molecule has 0 saturated carbocycles. The van der Waals surface area contributed by atoms with E-state index >= 15 is 0 Å². The topological polar surface area (TPSA) is 112 Å². The Bertz CT molecular complexity index is 650. The van der Waals surface area contributed by atoms with E-state index in [0.717, 1.165) is 6.07 Å². The van der Waals surface area contributed by atoms with Gasteiger partial charge in [0.1, 0.15) is 0 Å². The van der Waals surface area contributed by atoms with Crippen LogP contribution >= 0.6 is 0 Å². The predicted molar refractivity (Wildman–Crippen MR) is 71.3 cm³/mol. The highest BCUT2D eigenvalue weighted by atomic mass is 32.2. The first-order valence-corrected chi connectivity index (χ1v) is 7.01. The maximum absolute atomic E-state index is 11.8. The lowest BCUT2D eigenvalue weighted by Crippen LogP contribution is -2.29. The average Bonchev–Trinajstić information content (AvgIpc) is 2.38. The van der Waals surface area contributed by atoms with Crippen molar-refractivity contribution in [1.82, 2.24) is 4.90 Å². The van der Waals surface area contributed by atoms with Crippen molar-refractivity contribution in [3.63, 3.8) is 0 Å². The van der Waals surface area contributed by atoms with Crippen molar-refractivity contribution in [1.29, 1.82) is 0 Å². The van der Waals surface area contributed by atoms with E-state index < -0.39 is 22.2 Å². The van der Waals surface area contributed by atoms with Crippen LogP contribution in [-0.2, 0) is 14.8 Å². The van der Waals surface area contributed by atoms with Gasteiger partial charge in [-0.15, -0.1) is 0 Å². The van der Waals surface area contributed by atoms with Crippen molar-refractivity contribution >= 4 is 16.0 Å². The fraction of sp³-hybridized carbons (Fsp3) is 0.364. The quantitative estimate of drug-likeness (QED) is 0.270. The van der Waals surface area contributed by atoms with Crippen LogP contribution in [0.4, 0.5) is 0 Å². The molecule has 0 aliphatic rings. The van der Waals surface area contributed by atoms with E-state index in [1.165, 1.54) is 18.2 Å². The summed E-state index contributed by atoms with van der Waals surface area (Å²) in [5.41, 5.74) is 8.27. The molecule has 0 aliphatic carbocycles. The van der Waals surface area contributed by atoms with E-state index in [9.17, 15) is 13.2 Å². The molecular weight excluding hydrogens is 284 g/mol. The molecule has 0 N–H and O–H groups in total. The summed E-state index contributed by atoms with van der Waals surface area (Å²) >= 11 is 0. The zero-order valence-corrected chi connectivity index (χ0v) is 12.0. The lowest BCUT2D eigenvalue weighted by molar-refractivity contribution is -0.00549. The van der Waals surface area contributed by atoms with Gasteiger partial charge in [0.15, 0.2) is 6.23 Å². The predicted octanol–water partition coefficient (Wildman–Crippen LogP) is 1.75. The van der Waals surface area contributed by atoms with Gasteiger partial charge in [0.05, 0.1) is 10.5 Å². The minimum atomic E-state index is -4.12. The van der Waals surface area contributed by atoms with Gasteiger partial charge < -0.3 is 4.74 Å². The molecule has 1 atom stereocenters. The number of benzene rings is 1. The number of ether oxygens (including phenoxy) is 1. The third-order valence-corrected chi connectivity index (χ3v) is 3.65. The first-order chi connectivity index (χ1) is 9.27. The second-order valence-corrected chi connectivity index (χ2v) is 5.73. The Morgan fingerprint density at radius 1 is 1.45 bits per heavy atom. The number of carbonyl (C=O) groups excluding carboxylic acids is 1. The summed E-state index contributed by atoms with van der Waals surface area (Å²) in [6, 6.07) is 5.13. The van der Waals surface area contributed by atoms with Gasteiger partial charge in [-0.1, -0.05) is 6.07 Å². The van der Waals surface area contributed by atoms with E-state index in [2.05, 4.69) is 9.43 Å². The zero-order chi connectivity index (χ0) is 15.3. The minimum Gasteiger partial charge on any atom is -0.443 e. The van der Waals surface area contributed by atoms with Crippen LogP contribution in [0.25, 0.3) is 10.4 Å². The van der Waals surface area contributed by atoms with Crippen LogP contribution < -0.4 is 0 Å². The van der Waals surface area contributed by atoms with Crippen molar-refractivity contribution in [2.24, 2.45) is 4.52 Å². The number of carbonyl (C=O) groups is 1. The van der Waals surface area contributed by atoms with Crippen LogP contribution in [0.1, 0.15) is 17.3 Å². The van der Waals surface area contributed by atoms with E-state index in [1.54, 1.807) is 25.9 Å². The fourth-order valence-electron chi connectivity index (χ4n) is 1.21. The smallest absolute Gasteiger partial charge is 0.339 e. The van der Waals surface area contributed by atoms with Crippen LogP contribution in [0.15, 0.2) is 33.7 Å². The highest BCUT2D eigenvalue weighted by Gasteiger charge is 2.17. The fourth-order valence-corrected chi connectivity index (χ4v) is 1.92. The highest BCUT2D eigenvalue weighted by molar-refractivity contribution is 7.90. The minimum absolute atomic E-state index is 0.0629. The molecule has 108 valence electrons. The summed E-state index contributed by atoms with van der Waals surface area (Å²) in [6.45, 7) is 1.68. The summed E-state index contributed by atoms with van der Waals surface area (Å²) in [5.74, 6) is -0.663. The summed E-state index contributed by atoms with van der Waals surface area (Å²) in [4.78, 5) is 15.5. The van der Waals surface area contributed by atoms with Crippen LogP contribution in [0.5, 0.6) is 0 Å². The van der Waals surface area contributed by atoms with Gasteiger partial charge in [0.25, 0.3) is 10.0 Å². The Morgan fingerprint density at radius 3 is 2.65 bits per heavy atom. The van der Waals surface area contributed by atoms with Gasteiger partial charge in [-0.2, -0.15) is 0 Å². The second-order valence-electron chi connectivity index (χ2n) is 4.14. The molecule has 0 bridgehead atoms. The van der Waals surface area contributed by atoms with Crippen LogP contribution in [-0.4, -0.2) is 39.6 Å². The molecule has 0 fully saturated rings. The largest absolute Gasteiger partial charge is 0.443 e. The molecule has 1 aromatic carbocycles. The van der Waals surface area contributed by atoms with Gasteiger partial charge >= 0.3 is 5.97 Å². The average molecular weight is 298 g/mol. The van der Waals surface area contributed by atoms with Crippen molar-refractivity contribution in [3.05, 3.63) is 40.3 Å². The number of azide groups is 1. The summed E-state index contributed by atoms with van der Waals surface area (Å²) in [6.07, 6.45) is -0.458. The Balaban J connectivity index is 3.05. The lowest BCUT2D eigenvalue weighted by Gasteiger charge is -2.19. The van der Waals surface area contributed by atoms with Gasteiger partial charge in [0.2, 0.25) is 0 Å². The van der Waals surface area contributed by atoms with Gasteiger partial charge in [-0.05, 0) is 44.7 Å². The number of nitrogens with zero attached hydrogens (tertiary/aromatic N) is 4. The van der Waals surface area contributed by atoms with Crippen molar-refractivity contribution < 1.29 is 17.9 Å². The number of rotatable bonds is 5. The first kappa shape index (κ1) is 16.0. The second kappa shape index (κ2) is 6.38. The zero-order valence-electron chi connectivity index (χ0n) is 11.2. The maximum Gasteiger partial charge on any atom is 0.339 e. The molecule has 0 aromatic heterocycles. The SMILES string of the molecule is CC(OC(=O)c1cccc(S(=O)(=O)N=[N+]=[N-])c1)N(C)C. The maximum atomic E-state index is 11.8. The molecule has 0 aliphatic heterocycles. The Labute approximate surface area is 116 Å². The molecule has 8 nitrogen and oxygen atoms in total. The Hall–Kier alpha value is -2.09. The number of hydrogen-bond acceptors (Lipinski definition) is 5. The number of esters is 1. The number of sulfonamides is 1. The van der Waals surface area contributed by atoms with Crippen LogP contribution in [0.3, 0.4) is 0 Å². The van der Waals surface area contributed by atoms with E-state index in [1.807, 2.05) is 0 Å². The molecule has 20 heavy (non-hydrogen) atoms. The molecule has 0 radical (unpaired) electrons. The standard InChI is InChI=1S/C11H14N4O4S/c1-8(15(2)3)19-11(16)9-5-4-6-10(7-9)20(17,18)14-13-12/h4-8H,1-3H3. The summed E-state index contributed by atoms with van der Waals surface area (Å²) in [7, 11) is -0.648. The van der Waals surface area contributed by atoms with Gasteiger partial charge in [-0.25, -0.2) is 13.2 Å².